The Morgan fingerprint density at radius 1 is 1.18 bits per heavy atom. The number of carbonyl (C=O) groups excluding carboxylic acids is 2. The van der Waals surface area contributed by atoms with Gasteiger partial charge in [0.2, 0.25) is 5.91 Å². The molecule has 1 aliphatic rings. The lowest BCUT2D eigenvalue weighted by Gasteiger charge is -2.36. The van der Waals surface area contributed by atoms with E-state index in [0.29, 0.717) is 12.2 Å². The fraction of sp³-hybridized carbons (Fsp3) is 0.353. The Balaban J connectivity index is 1.88. The number of aromatic nitrogens is 1. The van der Waals surface area contributed by atoms with Gasteiger partial charge in [-0.3, -0.25) is 9.59 Å². The molecular formula is C17H19N3O2. The van der Waals surface area contributed by atoms with Gasteiger partial charge in [0.15, 0.2) is 0 Å². The standard InChI is InChI=1S/C17H19N3O2/c1-11-6-7-13(16(18)21)10-20(11)17(22)15-9-8-12-4-2-3-5-14(12)19-15/h2-5,8-9,11,13H,6-7,10H2,1H3,(H2,18,21)/t11-,13-/m1/s1. The molecule has 2 N–H and O–H groups in total. The molecule has 2 atom stereocenters. The van der Waals surface area contributed by atoms with Gasteiger partial charge < -0.3 is 10.6 Å². The molecule has 1 aromatic carbocycles. The van der Waals surface area contributed by atoms with Gasteiger partial charge in [0.25, 0.3) is 5.91 Å². The highest BCUT2D eigenvalue weighted by Crippen LogP contribution is 2.23. The summed E-state index contributed by atoms with van der Waals surface area (Å²) in [4.78, 5) is 30.3. The van der Waals surface area contributed by atoms with Gasteiger partial charge in [-0.25, -0.2) is 4.98 Å². The van der Waals surface area contributed by atoms with Crippen LogP contribution in [0.3, 0.4) is 0 Å². The first-order chi connectivity index (χ1) is 10.6. The zero-order valence-electron chi connectivity index (χ0n) is 12.5. The van der Waals surface area contributed by atoms with Crippen LogP contribution < -0.4 is 5.73 Å². The molecule has 0 saturated carbocycles. The monoisotopic (exact) mass is 297 g/mol. The number of carbonyl (C=O) groups is 2. The normalized spacial score (nSPS) is 21.8. The van der Waals surface area contributed by atoms with Crippen molar-refractivity contribution in [2.75, 3.05) is 6.54 Å². The van der Waals surface area contributed by atoms with Gasteiger partial charge in [0.1, 0.15) is 5.69 Å². The van der Waals surface area contributed by atoms with E-state index in [1.54, 1.807) is 11.0 Å². The Morgan fingerprint density at radius 3 is 2.73 bits per heavy atom. The third-order valence-electron chi connectivity index (χ3n) is 4.36. The second kappa shape index (κ2) is 5.75. The van der Waals surface area contributed by atoms with Crippen molar-refractivity contribution >= 4 is 22.7 Å². The van der Waals surface area contributed by atoms with Crippen molar-refractivity contribution in [2.24, 2.45) is 11.7 Å². The van der Waals surface area contributed by atoms with Crippen LogP contribution in [-0.4, -0.2) is 34.3 Å². The first-order valence-corrected chi connectivity index (χ1v) is 7.52. The van der Waals surface area contributed by atoms with Crippen molar-refractivity contribution in [3.8, 4) is 0 Å². The molecule has 3 rings (SSSR count). The predicted octanol–water partition coefficient (Wildman–Crippen LogP) is 1.96. The third kappa shape index (κ3) is 2.66. The van der Waals surface area contributed by atoms with Gasteiger partial charge in [-0.15, -0.1) is 0 Å². The Bertz CT molecular complexity index is 729. The van der Waals surface area contributed by atoms with Crippen LogP contribution in [0.1, 0.15) is 30.3 Å². The Labute approximate surface area is 129 Å². The van der Waals surface area contributed by atoms with Crippen LogP contribution in [0.15, 0.2) is 36.4 Å². The maximum absolute atomic E-state index is 12.7. The second-order valence-corrected chi connectivity index (χ2v) is 5.87. The van der Waals surface area contributed by atoms with Crippen molar-refractivity contribution in [1.29, 1.82) is 0 Å². The second-order valence-electron chi connectivity index (χ2n) is 5.87. The molecule has 0 spiro atoms. The Morgan fingerprint density at radius 2 is 1.95 bits per heavy atom. The molecule has 5 nitrogen and oxygen atoms in total. The minimum atomic E-state index is -0.337. The van der Waals surface area contributed by atoms with Crippen LogP contribution in [0.25, 0.3) is 10.9 Å². The minimum absolute atomic E-state index is 0.0939. The van der Waals surface area contributed by atoms with Crippen molar-refractivity contribution in [3.05, 3.63) is 42.1 Å². The zero-order valence-corrected chi connectivity index (χ0v) is 12.5. The number of piperidine rings is 1. The number of fused-ring (bicyclic) bond motifs is 1. The number of pyridine rings is 1. The number of hydrogen-bond donors (Lipinski definition) is 1. The summed E-state index contributed by atoms with van der Waals surface area (Å²) in [6, 6.07) is 11.4. The molecule has 5 heteroatoms. The number of benzene rings is 1. The highest BCUT2D eigenvalue weighted by atomic mass is 16.2. The third-order valence-corrected chi connectivity index (χ3v) is 4.36. The highest BCUT2D eigenvalue weighted by molar-refractivity contribution is 5.95. The fourth-order valence-electron chi connectivity index (χ4n) is 2.95. The average Bonchev–Trinajstić information content (AvgIpc) is 2.54. The summed E-state index contributed by atoms with van der Waals surface area (Å²) < 4.78 is 0. The smallest absolute Gasteiger partial charge is 0.272 e. The molecular weight excluding hydrogens is 278 g/mol. The molecule has 1 fully saturated rings. The average molecular weight is 297 g/mol. The topological polar surface area (TPSA) is 76.3 Å². The first kappa shape index (κ1) is 14.5. The molecule has 1 aliphatic heterocycles. The van der Waals surface area contributed by atoms with E-state index < -0.39 is 0 Å². The van der Waals surface area contributed by atoms with Crippen LogP contribution >= 0.6 is 0 Å². The van der Waals surface area contributed by atoms with Crippen LogP contribution in [0, 0.1) is 5.92 Å². The van der Waals surface area contributed by atoms with Gasteiger partial charge in [0, 0.05) is 18.0 Å². The molecule has 22 heavy (non-hydrogen) atoms. The molecule has 114 valence electrons. The number of hydrogen-bond acceptors (Lipinski definition) is 3. The largest absolute Gasteiger partial charge is 0.369 e. The van der Waals surface area contributed by atoms with Crippen LogP contribution in [0.5, 0.6) is 0 Å². The van der Waals surface area contributed by atoms with Gasteiger partial charge in [0.05, 0.1) is 11.4 Å². The fourth-order valence-corrected chi connectivity index (χ4v) is 2.95. The van der Waals surface area contributed by atoms with E-state index in [0.717, 1.165) is 23.7 Å². The van der Waals surface area contributed by atoms with E-state index in [4.69, 9.17) is 5.73 Å². The number of amides is 2. The maximum atomic E-state index is 12.7. The maximum Gasteiger partial charge on any atom is 0.272 e. The van der Waals surface area contributed by atoms with Gasteiger partial charge in [-0.05, 0) is 31.9 Å². The van der Waals surface area contributed by atoms with Gasteiger partial charge in [-0.1, -0.05) is 24.3 Å². The summed E-state index contributed by atoms with van der Waals surface area (Å²) in [5, 5.41) is 1.00. The van der Waals surface area contributed by atoms with E-state index >= 15 is 0 Å². The molecule has 0 unspecified atom stereocenters. The molecule has 2 amide bonds. The van der Waals surface area contributed by atoms with Crippen molar-refractivity contribution in [3.63, 3.8) is 0 Å². The molecule has 2 aromatic rings. The molecule has 2 heterocycles. The van der Waals surface area contributed by atoms with Crippen molar-refractivity contribution < 1.29 is 9.59 Å². The minimum Gasteiger partial charge on any atom is -0.369 e. The molecule has 0 radical (unpaired) electrons. The summed E-state index contributed by atoms with van der Waals surface area (Å²) in [6.07, 6.45) is 1.53. The van der Waals surface area contributed by atoms with Crippen molar-refractivity contribution in [1.82, 2.24) is 9.88 Å². The predicted molar refractivity (Wildman–Crippen MR) is 84.2 cm³/mol. The number of rotatable bonds is 2. The van der Waals surface area contributed by atoms with Crippen molar-refractivity contribution in [2.45, 2.75) is 25.8 Å². The van der Waals surface area contributed by atoms with Gasteiger partial charge >= 0.3 is 0 Å². The summed E-state index contributed by atoms with van der Waals surface area (Å²) in [6.45, 7) is 2.38. The van der Waals surface area contributed by atoms with E-state index in [1.807, 2.05) is 37.3 Å². The van der Waals surface area contributed by atoms with E-state index in [2.05, 4.69) is 4.98 Å². The van der Waals surface area contributed by atoms with Crippen LogP contribution in [-0.2, 0) is 4.79 Å². The van der Waals surface area contributed by atoms with Gasteiger partial charge in [-0.2, -0.15) is 0 Å². The number of primary amides is 1. The van der Waals surface area contributed by atoms with Crippen LogP contribution in [0.4, 0.5) is 0 Å². The van der Waals surface area contributed by atoms with E-state index in [-0.39, 0.29) is 23.8 Å². The molecule has 1 saturated heterocycles. The lowest BCUT2D eigenvalue weighted by Crippen LogP contribution is -2.48. The Hall–Kier alpha value is -2.43. The molecule has 0 aliphatic carbocycles. The lowest BCUT2D eigenvalue weighted by molar-refractivity contribution is -0.123. The number of nitrogens with zero attached hydrogens (tertiary/aromatic N) is 2. The lowest BCUT2D eigenvalue weighted by atomic mass is 9.92. The van der Waals surface area contributed by atoms with E-state index in [9.17, 15) is 9.59 Å². The summed E-state index contributed by atoms with van der Waals surface area (Å²) in [5.41, 5.74) is 6.60. The first-order valence-electron chi connectivity index (χ1n) is 7.52. The quantitative estimate of drug-likeness (QED) is 0.920. The molecule has 1 aromatic heterocycles. The summed E-state index contributed by atoms with van der Waals surface area (Å²) in [5.74, 6) is -0.735. The molecule has 0 bridgehead atoms. The number of para-hydroxylation sites is 1. The highest BCUT2D eigenvalue weighted by Gasteiger charge is 2.32. The van der Waals surface area contributed by atoms with E-state index in [1.165, 1.54) is 0 Å². The number of nitrogens with two attached hydrogens (primary N) is 1. The SMILES string of the molecule is C[C@@H]1CC[C@@H](C(N)=O)CN1C(=O)c1ccc2ccccc2n1. The van der Waals surface area contributed by atoms with Crippen LogP contribution in [0.2, 0.25) is 0 Å². The summed E-state index contributed by atoms with van der Waals surface area (Å²) >= 11 is 0. The number of likely N-dealkylation sites (tertiary alicyclic amines) is 1. The zero-order chi connectivity index (χ0) is 15.7. The Kier molecular flexibility index (Phi) is 3.79. The summed E-state index contributed by atoms with van der Waals surface area (Å²) in [7, 11) is 0.